The van der Waals surface area contributed by atoms with Gasteiger partial charge in [0.1, 0.15) is 11.4 Å². The Bertz CT molecular complexity index is 458. The fourth-order valence-corrected chi connectivity index (χ4v) is 1.26. The van der Waals surface area contributed by atoms with Crippen molar-refractivity contribution in [2.24, 2.45) is 0 Å². The standard InChI is InChI=1S/C13H15FO3/c1-8(15)10-6-5-9(7-11(10)14)12(16)17-13(2,3)4/h5-7H,1-4H3. The van der Waals surface area contributed by atoms with Crippen LogP contribution in [0, 0.1) is 5.82 Å². The average molecular weight is 238 g/mol. The van der Waals surface area contributed by atoms with Crippen molar-refractivity contribution >= 4 is 11.8 Å². The fourth-order valence-electron chi connectivity index (χ4n) is 1.26. The van der Waals surface area contributed by atoms with E-state index in [9.17, 15) is 14.0 Å². The van der Waals surface area contributed by atoms with E-state index in [1.807, 2.05) is 0 Å². The van der Waals surface area contributed by atoms with Gasteiger partial charge in [0.15, 0.2) is 5.78 Å². The summed E-state index contributed by atoms with van der Waals surface area (Å²) in [6.07, 6.45) is 0. The van der Waals surface area contributed by atoms with Crippen LogP contribution in [-0.2, 0) is 4.74 Å². The van der Waals surface area contributed by atoms with Gasteiger partial charge in [-0.05, 0) is 45.9 Å². The van der Waals surface area contributed by atoms with Gasteiger partial charge in [-0.2, -0.15) is 0 Å². The van der Waals surface area contributed by atoms with E-state index in [0.29, 0.717) is 0 Å². The highest BCUT2D eigenvalue weighted by molar-refractivity contribution is 5.96. The van der Waals surface area contributed by atoms with E-state index in [4.69, 9.17) is 4.74 Å². The number of benzene rings is 1. The number of halogens is 1. The SMILES string of the molecule is CC(=O)c1ccc(C(=O)OC(C)(C)C)cc1F. The number of ether oxygens (including phenoxy) is 1. The van der Waals surface area contributed by atoms with Crippen LogP contribution in [0.3, 0.4) is 0 Å². The second-order valence-corrected chi connectivity index (χ2v) is 4.75. The molecule has 0 saturated carbocycles. The first-order valence-corrected chi connectivity index (χ1v) is 5.24. The van der Waals surface area contributed by atoms with Gasteiger partial charge in [-0.1, -0.05) is 0 Å². The first-order chi connectivity index (χ1) is 7.70. The molecule has 0 radical (unpaired) electrons. The van der Waals surface area contributed by atoms with Gasteiger partial charge in [0.05, 0.1) is 11.1 Å². The third-order valence-corrected chi connectivity index (χ3v) is 1.98. The number of carbonyl (C=O) groups is 2. The van der Waals surface area contributed by atoms with Gasteiger partial charge in [-0.25, -0.2) is 9.18 Å². The van der Waals surface area contributed by atoms with Crippen molar-refractivity contribution in [2.45, 2.75) is 33.3 Å². The summed E-state index contributed by atoms with van der Waals surface area (Å²) in [5.41, 5.74) is -0.563. The molecule has 0 fully saturated rings. The molecule has 0 amide bonds. The highest BCUT2D eigenvalue weighted by Gasteiger charge is 2.19. The Morgan fingerprint density at radius 2 is 1.82 bits per heavy atom. The Morgan fingerprint density at radius 3 is 2.24 bits per heavy atom. The number of rotatable bonds is 2. The monoisotopic (exact) mass is 238 g/mol. The maximum absolute atomic E-state index is 13.5. The highest BCUT2D eigenvalue weighted by atomic mass is 19.1. The minimum atomic E-state index is -0.708. The van der Waals surface area contributed by atoms with E-state index in [-0.39, 0.29) is 16.9 Å². The predicted molar refractivity (Wildman–Crippen MR) is 61.6 cm³/mol. The third kappa shape index (κ3) is 3.66. The lowest BCUT2D eigenvalue weighted by Gasteiger charge is -2.19. The lowest BCUT2D eigenvalue weighted by Crippen LogP contribution is -2.24. The molecule has 0 heterocycles. The topological polar surface area (TPSA) is 43.4 Å². The summed E-state index contributed by atoms with van der Waals surface area (Å²) >= 11 is 0. The molecule has 0 aliphatic rings. The zero-order valence-electron chi connectivity index (χ0n) is 10.3. The van der Waals surface area contributed by atoms with Crippen molar-refractivity contribution in [3.05, 3.63) is 35.1 Å². The summed E-state index contributed by atoms with van der Waals surface area (Å²) in [5, 5.41) is 0. The molecule has 0 atom stereocenters. The number of esters is 1. The van der Waals surface area contributed by atoms with Gasteiger partial charge in [-0.3, -0.25) is 4.79 Å². The van der Waals surface area contributed by atoms with Crippen LogP contribution in [0.4, 0.5) is 4.39 Å². The van der Waals surface area contributed by atoms with Crippen LogP contribution in [0.1, 0.15) is 48.4 Å². The number of Topliss-reactive ketones (excluding diaryl/α,β-unsaturated/α-hetero) is 1. The molecule has 0 aliphatic heterocycles. The Kier molecular flexibility index (Phi) is 3.66. The van der Waals surface area contributed by atoms with E-state index in [0.717, 1.165) is 6.07 Å². The van der Waals surface area contributed by atoms with Gasteiger partial charge in [0.2, 0.25) is 0 Å². The zero-order chi connectivity index (χ0) is 13.2. The first-order valence-electron chi connectivity index (χ1n) is 5.24. The quantitative estimate of drug-likeness (QED) is 0.587. The Morgan fingerprint density at radius 1 is 1.24 bits per heavy atom. The van der Waals surface area contributed by atoms with Crippen LogP contribution < -0.4 is 0 Å². The summed E-state index contributed by atoms with van der Waals surface area (Å²) < 4.78 is 18.6. The van der Waals surface area contributed by atoms with Gasteiger partial charge < -0.3 is 4.74 Å². The van der Waals surface area contributed by atoms with Crippen LogP contribution in [0.5, 0.6) is 0 Å². The number of ketones is 1. The first kappa shape index (κ1) is 13.4. The predicted octanol–water partition coefficient (Wildman–Crippen LogP) is 2.98. The number of hydrogen-bond acceptors (Lipinski definition) is 3. The highest BCUT2D eigenvalue weighted by Crippen LogP contribution is 2.15. The molecule has 3 nitrogen and oxygen atoms in total. The second kappa shape index (κ2) is 4.65. The Hall–Kier alpha value is -1.71. The Labute approximate surface area is 99.6 Å². The summed E-state index contributed by atoms with van der Waals surface area (Å²) in [6, 6.07) is 3.69. The molecule has 1 rings (SSSR count). The molecule has 0 bridgehead atoms. The van der Waals surface area contributed by atoms with Crippen LogP contribution in [-0.4, -0.2) is 17.4 Å². The average Bonchev–Trinajstić information content (AvgIpc) is 2.14. The molecular weight excluding hydrogens is 223 g/mol. The molecule has 0 aromatic heterocycles. The van der Waals surface area contributed by atoms with Crippen molar-refractivity contribution in [3.8, 4) is 0 Å². The van der Waals surface area contributed by atoms with Gasteiger partial charge in [0.25, 0.3) is 0 Å². The summed E-state index contributed by atoms with van der Waals surface area (Å²) in [6.45, 7) is 6.45. The van der Waals surface area contributed by atoms with E-state index in [1.165, 1.54) is 19.1 Å². The van der Waals surface area contributed by atoms with Gasteiger partial charge in [0, 0.05) is 0 Å². The Balaban J connectivity index is 2.98. The van der Waals surface area contributed by atoms with Crippen LogP contribution in [0.15, 0.2) is 18.2 Å². The minimum Gasteiger partial charge on any atom is -0.456 e. The molecule has 4 heteroatoms. The summed E-state index contributed by atoms with van der Waals surface area (Å²) in [7, 11) is 0. The molecule has 0 aliphatic carbocycles. The van der Waals surface area contributed by atoms with Gasteiger partial charge in [-0.15, -0.1) is 0 Å². The smallest absolute Gasteiger partial charge is 0.338 e. The molecule has 92 valence electrons. The normalized spacial score (nSPS) is 11.1. The fraction of sp³-hybridized carbons (Fsp3) is 0.385. The molecule has 0 saturated heterocycles. The second-order valence-electron chi connectivity index (χ2n) is 4.75. The largest absolute Gasteiger partial charge is 0.456 e. The van der Waals surface area contributed by atoms with Crippen molar-refractivity contribution in [1.29, 1.82) is 0 Å². The van der Waals surface area contributed by atoms with E-state index < -0.39 is 17.4 Å². The molecule has 0 spiro atoms. The lowest BCUT2D eigenvalue weighted by molar-refractivity contribution is 0.00688. The number of hydrogen-bond donors (Lipinski definition) is 0. The molecule has 0 unspecified atom stereocenters. The minimum absolute atomic E-state index is 0.0303. The maximum Gasteiger partial charge on any atom is 0.338 e. The molecular formula is C13H15FO3. The van der Waals surface area contributed by atoms with Crippen molar-refractivity contribution in [2.75, 3.05) is 0 Å². The maximum atomic E-state index is 13.5. The van der Waals surface area contributed by atoms with E-state index in [1.54, 1.807) is 20.8 Å². The van der Waals surface area contributed by atoms with Crippen LogP contribution in [0.2, 0.25) is 0 Å². The molecule has 17 heavy (non-hydrogen) atoms. The van der Waals surface area contributed by atoms with Crippen molar-refractivity contribution in [3.63, 3.8) is 0 Å². The van der Waals surface area contributed by atoms with Gasteiger partial charge >= 0.3 is 5.97 Å². The number of carbonyl (C=O) groups excluding carboxylic acids is 2. The zero-order valence-corrected chi connectivity index (χ0v) is 10.3. The van der Waals surface area contributed by atoms with Crippen molar-refractivity contribution < 1.29 is 18.7 Å². The summed E-state index contributed by atoms with van der Waals surface area (Å²) in [5.74, 6) is -1.69. The lowest BCUT2D eigenvalue weighted by atomic mass is 10.1. The van der Waals surface area contributed by atoms with Crippen LogP contribution in [0.25, 0.3) is 0 Å². The van der Waals surface area contributed by atoms with Crippen molar-refractivity contribution in [1.82, 2.24) is 0 Å². The van der Waals surface area contributed by atoms with E-state index in [2.05, 4.69) is 0 Å². The third-order valence-electron chi connectivity index (χ3n) is 1.98. The van der Waals surface area contributed by atoms with Crippen LogP contribution >= 0.6 is 0 Å². The molecule has 0 N–H and O–H groups in total. The molecule has 1 aromatic carbocycles. The summed E-state index contributed by atoms with van der Waals surface area (Å²) in [4.78, 5) is 22.6. The van der Waals surface area contributed by atoms with E-state index >= 15 is 0 Å². The molecule has 1 aromatic rings.